The van der Waals surface area contributed by atoms with Crippen LogP contribution < -0.4 is 10.2 Å². The lowest BCUT2D eigenvalue weighted by Crippen LogP contribution is -2.31. The molecule has 3 aromatic heterocycles. The highest BCUT2D eigenvalue weighted by atomic mass is 19.4. The Hall–Kier alpha value is -3.14. The molecule has 0 amide bonds. The molecule has 0 spiro atoms. The minimum Gasteiger partial charge on any atom is -0.481 e. The number of hydrogen-bond acceptors (Lipinski definition) is 6. The molecule has 4 heterocycles. The molecule has 0 saturated heterocycles. The number of pyridine rings is 2. The van der Waals surface area contributed by atoms with E-state index in [2.05, 4.69) is 20.4 Å². The molecular formula is C18H17F3N6O. The van der Waals surface area contributed by atoms with Gasteiger partial charge in [-0.15, -0.1) is 0 Å². The fourth-order valence-corrected chi connectivity index (χ4v) is 3.02. The maximum atomic E-state index is 13.1. The predicted molar refractivity (Wildman–Crippen MR) is 95.6 cm³/mol. The van der Waals surface area contributed by atoms with Crippen molar-refractivity contribution in [2.75, 3.05) is 13.7 Å². The summed E-state index contributed by atoms with van der Waals surface area (Å²) >= 11 is 0. The summed E-state index contributed by atoms with van der Waals surface area (Å²) in [6, 6.07) is 4.12. The molecule has 1 unspecified atom stereocenters. The number of halogens is 3. The topological polar surface area (TPSA) is 68.1 Å². The number of aromatic nitrogens is 4. The zero-order valence-corrected chi connectivity index (χ0v) is 15.1. The average molecular weight is 390 g/mol. The number of ether oxygens (including phenoxy) is 1. The van der Waals surface area contributed by atoms with Crippen LogP contribution in [0.25, 0.3) is 16.9 Å². The first-order chi connectivity index (χ1) is 13.4. The monoisotopic (exact) mass is 390 g/mol. The van der Waals surface area contributed by atoms with Gasteiger partial charge in [0.05, 0.1) is 24.6 Å². The van der Waals surface area contributed by atoms with Crippen LogP contribution in [0.4, 0.5) is 13.2 Å². The van der Waals surface area contributed by atoms with Gasteiger partial charge < -0.3 is 9.75 Å². The lowest BCUT2D eigenvalue weighted by atomic mass is 10.2. The summed E-state index contributed by atoms with van der Waals surface area (Å²) in [7, 11) is 1.51. The molecule has 1 N–H and O–H groups in total. The zero-order valence-electron chi connectivity index (χ0n) is 15.1. The van der Waals surface area contributed by atoms with Crippen LogP contribution >= 0.6 is 0 Å². The van der Waals surface area contributed by atoms with Crippen LogP contribution in [0.2, 0.25) is 0 Å². The maximum absolute atomic E-state index is 13.1. The van der Waals surface area contributed by atoms with Crippen LogP contribution in [0.15, 0.2) is 42.9 Å². The minimum absolute atomic E-state index is 0.158. The minimum atomic E-state index is -4.49. The third kappa shape index (κ3) is 3.15. The van der Waals surface area contributed by atoms with Crippen molar-refractivity contribution in [3.05, 3.63) is 54.3 Å². The van der Waals surface area contributed by atoms with Crippen LogP contribution in [-0.2, 0) is 6.18 Å². The van der Waals surface area contributed by atoms with E-state index in [-0.39, 0.29) is 11.6 Å². The second-order valence-corrected chi connectivity index (χ2v) is 6.16. The quantitative estimate of drug-likeness (QED) is 0.738. The Morgan fingerprint density at radius 3 is 2.64 bits per heavy atom. The molecule has 0 aromatic carbocycles. The van der Waals surface area contributed by atoms with E-state index in [1.165, 1.54) is 7.11 Å². The van der Waals surface area contributed by atoms with Gasteiger partial charge in [0.1, 0.15) is 17.4 Å². The van der Waals surface area contributed by atoms with E-state index in [1.807, 2.05) is 24.2 Å². The van der Waals surface area contributed by atoms with Crippen molar-refractivity contribution in [3.63, 3.8) is 0 Å². The number of fused-ring (bicyclic) bond motifs is 1. The summed E-state index contributed by atoms with van der Waals surface area (Å²) in [5.74, 6) is 0.944. The molecule has 146 valence electrons. The van der Waals surface area contributed by atoms with E-state index in [4.69, 9.17) is 4.74 Å². The molecule has 1 aliphatic heterocycles. The second-order valence-electron chi connectivity index (χ2n) is 6.16. The number of hydrazine groups is 1. The fraction of sp³-hybridized carbons (Fsp3) is 0.278. The highest BCUT2D eigenvalue weighted by Gasteiger charge is 2.32. The number of rotatable bonds is 4. The molecule has 3 aromatic rings. The summed E-state index contributed by atoms with van der Waals surface area (Å²) in [4.78, 5) is 12.7. The third-order valence-electron chi connectivity index (χ3n) is 4.42. The summed E-state index contributed by atoms with van der Waals surface area (Å²) in [5, 5.41) is 1.87. The van der Waals surface area contributed by atoms with Crippen molar-refractivity contribution in [2.24, 2.45) is 0 Å². The molecule has 28 heavy (non-hydrogen) atoms. The number of hydrogen-bond donors (Lipinski definition) is 1. The summed E-state index contributed by atoms with van der Waals surface area (Å²) in [6.45, 7) is 2.71. The van der Waals surface area contributed by atoms with Gasteiger partial charge in [0.25, 0.3) is 0 Å². The Morgan fingerprint density at radius 1 is 1.21 bits per heavy atom. The largest absolute Gasteiger partial charge is 0.481 e. The zero-order chi connectivity index (χ0) is 19.9. The van der Waals surface area contributed by atoms with Crippen molar-refractivity contribution >= 4 is 11.2 Å². The van der Waals surface area contributed by atoms with Crippen molar-refractivity contribution in [3.8, 4) is 11.6 Å². The number of methoxy groups -OCH3 is 1. The summed E-state index contributed by atoms with van der Waals surface area (Å²) in [6.07, 6.45) is 1.66. The molecule has 0 bridgehead atoms. The third-order valence-corrected chi connectivity index (χ3v) is 4.42. The van der Waals surface area contributed by atoms with E-state index in [0.717, 1.165) is 18.8 Å². The second kappa shape index (κ2) is 6.79. The van der Waals surface area contributed by atoms with Crippen molar-refractivity contribution < 1.29 is 17.9 Å². The van der Waals surface area contributed by atoms with Crippen LogP contribution in [-0.4, -0.2) is 38.2 Å². The van der Waals surface area contributed by atoms with E-state index in [1.54, 1.807) is 22.9 Å². The maximum Gasteiger partial charge on any atom is 0.417 e. The normalized spacial score (nSPS) is 16.9. The molecule has 7 nitrogen and oxygen atoms in total. The van der Waals surface area contributed by atoms with Gasteiger partial charge in [-0.3, -0.25) is 4.57 Å². The highest BCUT2D eigenvalue weighted by Crippen LogP contribution is 2.32. The average Bonchev–Trinajstić information content (AvgIpc) is 3.31. The molecule has 4 rings (SSSR count). The Kier molecular flexibility index (Phi) is 4.42. The van der Waals surface area contributed by atoms with E-state index in [0.29, 0.717) is 23.0 Å². The molecule has 1 atom stereocenters. The Balaban J connectivity index is 1.88. The predicted octanol–water partition coefficient (Wildman–Crippen LogP) is 3.24. The Morgan fingerprint density at radius 2 is 2.04 bits per heavy atom. The fourth-order valence-electron chi connectivity index (χ4n) is 3.02. The van der Waals surface area contributed by atoms with Gasteiger partial charge in [0.15, 0.2) is 5.65 Å². The van der Waals surface area contributed by atoms with Crippen LogP contribution in [0.1, 0.15) is 24.4 Å². The smallest absolute Gasteiger partial charge is 0.417 e. The lowest BCUT2D eigenvalue weighted by molar-refractivity contribution is -0.137. The van der Waals surface area contributed by atoms with Gasteiger partial charge >= 0.3 is 6.18 Å². The van der Waals surface area contributed by atoms with Gasteiger partial charge in [0.2, 0.25) is 5.88 Å². The lowest BCUT2D eigenvalue weighted by Gasteiger charge is -2.18. The first kappa shape index (κ1) is 18.2. The van der Waals surface area contributed by atoms with Crippen molar-refractivity contribution in [2.45, 2.75) is 19.1 Å². The van der Waals surface area contributed by atoms with Crippen molar-refractivity contribution in [1.29, 1.82) is 0 Å². The van der Waals surface area contributed by atoms with Gasteiger partial charge in [-0.2, -0.15) is 13.2 Å². The van der Waals surface area contributed by atoms with E-state index < -0.39 is 11.7 Å². The first-order valence-electron chi connectivity index (χ1n) is 8.58. The van der Waals surface area contributed by atoms with E-state index >= 15 is 0 Å². The molecule has 0 fully saturated rings. The Labute approximate surface area is 158 Å². The van der Waals surface area contributed by atoms with Gasteiger partial charge in [-0.1, -0.05) is 0 Å². The van der Waals surface area contributed by atoms with Gasteiger partial charge in [0, 0.05) is 25.0 Å². The van der Waals surface area contributed by atoms with Gasteiger partial charge in [-0.05, 0) is 25.1 Å². The number of nitrogens with one attached hydrogen (secondary N) is 1. The highest BCUT2D eigenvalue weighted by molar-refractivity contribution is 5.75. The van der Waals surface area contributed by atoms with E-state index in [9.17, 15) is 13.2 Å². The molecule has 0 saturated carbocycles. The molecule has 0 aliphatic carbocycles. The standard InChI is InChI=1S/C18H17F3N6O/c1-3-26-7-6-13(25-26)17-24-14-8-11(18(19,20)21)9-23-16(14)27(17)12-4-5-15(28-2)22-10-12/h4-10,13,25H,3H2,1-2H3. The molecule has 0 radical (unpaired) electrons. The number of nitrogens with zero attached hydrogens (tertiary/aromatic N) is 5. The first-order valence-corrected chi connectivity index (χ1v) is 8.58. The summed E-state index contributed by atoms with van der Waals surface area (Å²) in [5.41, 5.74) is 3.50. The van der Waals surface area contributed by atoms with Crippen LogP contribution in [0, 0.1) is 0 Å². The molecular weight excluding hydrogens is 373 g/mol. The Bertz CT molecular complexity index is 1030. The summed E-state index contributed by atoms with van der Waals surface area (Å²) < 4.78 is 46.1. The molecule has 10 heteroatoms. The van der Waals surface area contributed by atoms with Crippen LogP contribution in [0.5, 0.6) is 5.88 Å². The van der Waals surface area contributed by atoms with Crippen molar-refractivity contribution in [1.82, 2.24) is 30.0 Å². The van der Waals surface area contributed by atoms with Crippen LogP contribution in [0.3, 0.4) is 0 Å². The SMILES string of the molecule is CCN1C=CC(c2nc3cc(C(F)(F)F)cnc3n2-c2ccc(OC)nc2)N1. The number of alkyl halides is 3. The molecule has 1 aliphatic rings. The number of imidazole rings is 1. The van der Waals surface area contributed by atoms with Gasteiger partial charge in [-0.25, -0.2) is 20.4 Å².